The molecule has 6 nitrogen and oxygen atoms in total. The maximum atomic E-state index is 12.3. The van der Waals surface area contributed by atoms with Crippen molar-refractivity contribution in [3.63, 3.8) is 0 Å². The highest BCUT2D eigenvalue weighted by Gasteiger charge is 2.33. The van der Waals surface area contributed by atoms with E-state index in [2.05, 4.69) is 22.4 Å². The summed E-state index contributed by atoms with van der Waals surface area (Å²) in [6, 6.07) is -0.132. The Balaban J connectivity index is 1.96. The van der Waals surface area contributed by atoms with Gasteiger partial charge in [0.15, 0.2) is 0 Å². The van der Waals surface area contributed by atoms with E-state index in [-0.39, 0.29) is 17.7 Å². The SMILES string of the molecule is CCCc1nnc(NC(=O)N2CC(C)OC(C)(C)C2)s1. The van der Waals surface area contributed by atoms with Gasteiger partial charge in [-0.1, -0.05) is 18.3 Å². The van der Waals surface area contributed by atoms with Crippen LogP contribution in [0.25, 0.3) is 0 Å². The third-order valence-electron chi connectivity index (χ3n) is 3.00. The molecule has 2 heterocycles. The molecule has 1 aromatic rings. The number of anilines is 1. The third-order valence-corrected chi connectivity index (χ3v) is 3.90. The molecule has 0 aromatic carbocycles. The van der Waals surface area contributed by atoms with Crippen LogP contribution in [0.15, 0.2) is 0 Å². The number of rotatable bonds is 3. The first kappa shape index (κ1) is 15.2. The van der Waals surface area contributed by atoms with Gasteiger partial charge in [0.1, 0.15) is 5.01 Å². The first-order valence-corrected chi connectivity index (χ1v) is 7.77. The molecule has 1 fully saturated rings. The number of morpholine rings is 1. The molecule has 0 radical (unpaired) electrons. The van der Waals surface area contributed by atoms with Gasteiger partial charge in [0.2, 0.25) is 5.13 Å². The predicted molar refractivity (Wildman–Crippen MR) is 79.1 cm³/mol. The van der Waals surface area contributed by atoms with Crippen LogP contribution in [0.3, 0.4) is 0 Å². The number of aromatic nitrogens is 2. The summed E-state index contributed by atoms with van der Waals surface area (Å²) in [5.74, 6) is 0. The van der Waals surface area contributed by atoms with Crippen molar-refractivity contribution in [2.45, 2.75) is 52.2 Å². The molecule has 1 aromatic heterocycles. The third kappa shape index (κ3) is 3.89. The molecule has 1 saturated heterocycles. The number of nitrogens with one attached hydrogen (secondary N) is 1. The van der Waals surface area contributed by atoms with E-state index in [4.69, 9.17) is 4.74 Å². The lowest BCUT2D eigenvalue weighted by atomic mass is 10.1. The summed E-state index contributed by atoms with van der Waals surface area (Å²) >= 11 is 1.44. The summed E-state index contributed by atoms with van der Waals surface area (Å²) in [6.45, 7) is 9.22. The van der Waals surface area contributed by atoms with Gasteiger partial charge in [0.05, 0.1) is 18.2 Å². The van der Waals surface area contributed by atoms with E-state index < -0.39 is 0 Å². The lowest BCUT2D eigenvalue weighted by Crippen LogP contribution is -2.54. The van der Waals surface area contributed by atoms with Crippen LogP contribution in [-0.4, -0.2) is 45.9 Å². The monoisotopic (exact) mass is 298 g/mol. The minimum atomic E-state index is -0.316. The molecule has 0 spiro atoms. The van der Waals surface area contributed by atoms with Crippen molar-refractivity contribution in [3.8, 4) is 0 Å². The van der Waals surface area contributed by atoms with Crippen molar-refractivity contribution < 1.29 is 9.53 Å². The first-order valence-electron chi connectivity index (χ1n) is 6.96. The number of carbonyl (C=O) groups excluding carboxylic acids is 1. The van der Waals surface area contributed by atoms with Gasteiger partial charge in [0.25, 0.3) is 0 Å². The summed E-state index contributed by atoms with van der Waals surface area (Å²) in [7, 11) is 0. The Morgan fingerprint density at radius 3 is 2.95 bits per heavy atom. The topological polar surface area (TPSA) is 67.4 Å². The number of aryl methyl sites for hydroxylation is 1. The highest BCUT2D eigenvalue weighted by atomic mass is 32.1. The number of hydrogen-bond acceptors (Lipinski definition) is 5. The lowest BCUT2D eigenvalue weighted by Gasteiger charge is -2.41. The van der Waals surface area contributed by atoms with E-state index in [0.717, 1.165) is 17.8 Å². The fourth-order valence-electron chi connectivity index (χ4n) is 2.40. The van der Waals surface area contributed by atoms with Crippen LogP contribution in [-0.2, 0) is 11.2 Å². The summed E-state index contributed by atoms with van der Waals surface area (Å²) in [5, 5.41) is 12.4. The number of hydrogen-bond donors (Lipinski definition) is 1. The summed E-state index contributed by atoms with van der Waals surface area (Å²) in [5.41, 5.74) is -0.316. The fraction of sp³-hybridized carbons (Fsp3) is 0.769. The Bertz CT molecular complexity index is 475. The van der Waals surface area contributed by atoms with E-state index >= 15 is 0 Å². The van der Waals surface area contributed by atoms with Crippen LogP contribution >= 0.6 is 11.3 Å². The van der Waals surface area contributed by atoms with Gasteiger partial charge < -0.3 is 9.64 Å². The average molecular weight is 298 g/mol. The number of amides is 2. The molecule has 1 unspecified atom stereocenters. The second kappa shape index (κ2) is 6.05. The Labute approximate surface area is 123 Å². The van der Waals surface area contributed by atoms with Crippen LogP contribution in [0.1, 0.15) is 39.1 Å². The molecule has 112 valence electrons. The smallest absolute Gasteiger partial charge is 0.323 e. The fourth-order valence-corrected chi connectivity index (χ4v) is 3.23. The Kier molecular flexibility index (Phi) is 4.59. The van der Waals surface area contributed by atoms with Crippen LogP contribution < -0.4 is 5.32 Å². The first-order chi connectivity index (χ1) is 9.39. The maximum absolute atomic E-state index is 12.3. The summed E-state index contributed by atoms with van der Waals surface area (Å²) < 4.78 is 5.79. The molecule has 0 bridgehead atoms. The molecular weight excluding hydrogens is 276 g/mol. The van der Waals surface area contributed by atoms with Gasteiger partial charge in [-0.3, -0.25) is 5.32 Å². The van der Waals surface area contributed by atoms with Crippen LogP contribution in [0, 0.1) is 0 Å². The zero-order valence-electron chi connectivity index (χ0n) is 12.5. The normalized spacial score (nSPS) is 21.8. The lowest BCUT2D eigenvalue weighted by molar-refractivity contribution is -0.116. The van der Waals surface area contributed by atoms with E-state index in [1.807, 2.05) is 20.8 Å². The number of carbonyl (C=O) groups is 1. The maximum Gasteiger partial charge on any atom is 0.323 e. The molecule has 0 aliphatic carbocycles. The van der Waals surface area contributed by atoms with E-state index in [9.17, 15) is 4.79 Å². The van der Waals surface area contributed by atoms with E-state index in [1.165, 1.54) is 11.3 Å². The summed E-state index contributed by atoms with van der Waals surface area (Å²) in [4.78, 5) is 14.0. The van der Waals surface area contributed by atoms with Crippen molar-refractivity contribution in [1.82, 2.24) is 15.1 Å². The van der Waals surface area contributed by atoms with Crippen molar-refractivity contribution in [2.24, 2.45) is 0 Å². The van der Waals surface area contributed by atoms with Gasteiger partial charge in [0, 0.05) is 13.0 Å². The van der Waals surface area contributed by atoms with Gasteiger partial charge in [-0.2, -0.15) is 0 Å². The van der Waals surface area contributed by atoms with E-state index in [1.54, 1.807) is 4.90 Å². The molecule has 1 aliphatic heterocycles. The highest BCUT2D eigenvalue weighted by molar-refractivity contribution is 7.15. The quantitative estimate of drug-likeness (QED) is 0.931. The van der Waals surface area contributed by atoms with Gasteiger partial charge in [-0.25, -0.2) is 4.79 Å². The Morgan fingerprint density at radius 1 is 1.55 bits per heavy atom. The number of ether oxygens (including phenoxy) is 1. The molecular formula is C13H22N4O2S. The molecule has 2 rings (SSSR count). The molecule has 0 saturated carbocycles. The van der Waals surface area contributed by atoms with Crippen molar-refractivity contribution in [2.75, 3.05) is 18.4 Å². The molecule has 2 amide bonds. The second-order valence-corrected chi connectivity index (χ2v) is 6.81. The predicted octanol–water partition coefficient (Wildman–Crippen LogP) is 2.52. The molecule has 7 heteroatoms. The molecule has 20 heavy (non-hydrogen) atoms. The van der Waals surface area contributed by atoms with Crippen molar-refractivity contribution >= 4 is 22.5 Å². The average Bonchev–Trinajstić information content (AvgIpc) is 2.74. The molecule has 1 atom stereocenters. The van der Waals surface area contributed by atoms with Crippen molar-refractivity contribution in [3.05, 3.63) is 5.01 Å². The Morgan fingerprint density at radius 2 is 2.30 bits per heavy atom. The number of urea groups is 1. The number of nitrogens with zero attached hydrogens (tertiary/aromatic N) is 3. The zero-order valence-corrected chi connectivity index (χ0v) is 13.3. The largest absolute Gasteiger partial charge is 0.369 e. The second-order valence-electron chi connectivity index (χ2n) is 5.75. The molecule has 1 aliphatic rings. The van der Waals surface area contributed by atoms with E-state index in [0.29, 0.717) is 18.2 Å². The van der Waals surface area contributed by atoms with Gasteiger partial charge >= 0.3 is 6.03 Å². The minimum Gasteiger partial charge on any atom is -0.369 e. The minimum absolute atomic E-state index is 0.0366. The summed E-state index contributed by atoms with van der Waals surface area (Å²) in [6.07, 6.45) is 1.96. The van der Waals surface area contributed by atoms with Crippen LogP contribution in [0.4, 0.5) is 9.93 Å². The van der Waals surface area contributed by atoms with Crippen LogP contribution in [0.5, 0.6) is 0 Å². The van der Waals surface area contributed by atoms with Crippen LogP contribution in [0.2, 0.25) is 0 Å². The standard InChI is InChI=1S/C13H22N4O2S/c1-5-6-10-15-16-11(20-10)14-12(18)17-7-9(2)19-13(3,4)8-17/h9H,5-8H2,1-4H3,(H,14,16,18). The highest BCUT2D eigenvalue weighted by Crippen LogP contribution is 2.22. The van der Waals surface area contributed by atoms with Gasteiger partial charge in [-0.05, 0) is 27.2 Å². The van der Waals surface area contributed by atoms with Crippen molar-refractivity contribution in [1.29, 1.82) is 0 Å². The molecule has 1 N–H and O–H groups in total. The zero-order chi connectivity index (χ0) is 14.8. The Hall–Kier alpha value is -1.21. The van der Waals surface area contributed by atoms with Gasteiger partial charge in [-0.15, -0.1) is 10.2 Å².